The van der Waals surface area contributed by atoms with Gasteiger partial charge in [-0.15, -0.1) is 0 Å². The van der Waals surface area contributed by atoms with Crippen LogP contribution in [0.25, 0.3) is 0 Å². The van der Waals surface area contributed by atoms with E-state index in [1.165, 1.54) is 24.0 Å². The second-order valence-corrected chi connectivity index (χ2v) is 7.37. The molecule has 0 aromatic heterocycles. The number of ether oxygens (including phenoxy) is 1. The number of methoxy groups -OCH3 is 1. The van der Waals surface area contributed by atoms with E-state index in [0.29, 0.717) is 12.0 Å². The summed E-state index contributed by atoms with van der Waals surface area (Å²) < 4.78 is 5.14. The molecular weight excluding hydrogens is 324 g/mol. The fourth-order valence-electron chi connectivity index (χ4n) is 3.38. The quantitative estimate of drug-likeness (QED) is 0.425. The maximum atomic E-state index is 5.14. The lowest BCUT2D eigenvalue weighted by Crippen LogP contribution is -2.49. The molecule has 1 aliphatic rings. The molecule has 0 radical (unpaired) electrons. The van der Waals surface area contributed by atoms with Gasteiger partial charge in [-0.3, -0.25) is 4.99 Å². The zero-order valence-corrected chi connectivity index (χ0v) is 16.9. The highest BCUT2D eigenvalue weighted by molar-refractivity contribution is 5.80. The Morgan fingerprint density at radius 3 is 2.58 bits per heavy atom. The molecule has 0 bridgehead atoms. The summed E-state index contributed by atoms with van der Waals surface area (Å²) in [5.74, 6) is 1.37. The third kappa shape index (κ3) is 6.96. The van der Waals surface area contributed by atoms with Gasteiger partial charge in [0.15, 0.2) is 5.96 Å². The van der Waals surface area contributed by atoms with E-state index in [4.69, 9.17) is 4.74 Å². The van der Waals surface area contributed by atoms with E-state index in [2.05, 4.69) is 58.6 Å². The molecule has 0 amide bonds. The van der Waals surface area contributed by atoms with E-state index in [9.17, 15) is 0 Å². The molecule has 26 heavy (non-hydrogen) atoms. The summed E-state index contributed by atoms with van der Waals surface area (Å²) >= 11 is 0. The molecule has 5 nitrogen and oxygen atoms in total. The Hall–Kier alpha value is -1.59. The Labute approximate surface area is 159 Å². The summed E-state index contributed by atoms with van der Waals surface area (Å²) in [5.41, 5.74) is 2.67. The monoisotopic (exact) mass is 360 g/mol. The van der Waals surface area contributed by atoms with Crippen LogP contribution in [0.4, 0.5) is 0 Å². The summed E-state index contributed by atoms with van der Waals surface area (Å²) in [6.45, 7) is 9.56. The average molecular weight is 361 g/mol. The van der Waals surface area contributed by atoms with Gasteiger partial charge in [-0.05, 0) is 37.7 Å². The molecule has 5 heteroatoms. The van der Waals surface area contributed by atoms with E-state index in [0.717, 1.165) is 45.2 Å². The van der Waals surface area contributed by atoms with Gasteiger partial charge in [-0.2, -0.15) is 0 Å². The zero-order chi connectivity index (χ0) is 18.8. The smallest absolute Gasteiger partial charge is 0.191 e. The number of likely N-dealkylation sites (tertiary alicyclic amines) is 1. The summed E-state index contributed by atoms with van der Waals surface area (Å²) in [7, 11) is 3.63. The molecule has 1 aromatic carbocycles. The summed E-state index contributed by atoms with van der Waals surface area (Å²) in [4.78, 5) is 6.94. The van der Waals surface area contributed by atoms with Crippen LogP contribution in [-0.4, -0.2) is 63.8 Å². The van der Waals surface area contributed by atoms with Crippen molar-refractivity contribution in [1.29, 1.82) is 0 Å². The minimum atomic E-state index is 0.455. The molecule has 146 valence electrons. The van der Waals surface area contributed by atoms with Gasteiger partial charge < -0.3 is 20.3 Å². The lowest BCUT2D eigenvalue weighted by Gasteiger charge is -2.33. The molecule has 1 heterocycles. The van der Waals surface area contributed by atoms with Gasteiger partial charge in [0.2, 0.25) is 0 Å². The molecule has 2 rings (SSSR count). The third-order valence-corrected chi connectivity index (χ3v) is 5.20. The first-order valence-corrected chi connectivity index (χ1v) is 9.87. The van der Waals surface area contributed by atoms with Crippen LogP contribution in [0.3, 0.4) is 0 Å². The topological polar surface area (TPSA) is 48.9 Å². The van der Waals surface area contributed by atoms with Crippen molar-refractivity contribution in [3.05, 3.63) is 35.4 Å². The molecule has 1 aromatic rings. The molecule has 1 aliphatic heterocycles. The first kappa shape index (κ1) is 20.7. The summed E-state index contributed by atoms with van der Waals surface area (Å²) in [5, 5.41) is 7.09. The standard InChI is InChI=1S/C21H36N4O/c1-17-6-8-19(9-7-17)18(2)16-23-21(22-3)24-20-10-13-25(14-11-20)12-5-15-26-4/h6-9,18,20H,5,10-16H2,1-4H3,(H2,22,23,24). The molecule has 1 unspecified atom stereocenters. The number of aryl methyl sites for hydroxylation is 1. The number of guanidine groups is 1. The van der Waals surface area contributed by atoms with Gasteiger partial charge in [0.05, 0.1) is 0 Å². The largest absolute Gasteiger partial charge is 0.385 e. The van der Waals surface area contributed by atoms with Crippen molar-refractivity contribution in [2.45, 2.75) is 45.1 Å². The van der Waals surface area contributed by atoms with Crippen LogP contribution >= 0.6 is 0 Å². The second kappa shape index (κ2) is 11.2. The first-order valence-electron chi connectivity index (χ1n) is 9.87. The first-order chi connectivity index (χ1) is 12.6. The maximum absolute atomic E-state index is 5.14. The predicted molar refractivity (Wildman–Crippen MR) is 110 cm³/mol. The van der Waals surface area contributed by atoms with Crippen molar-refractivity contribution in [3.8, 4) is 0 Å². The Bertz CT molecular complexity index is 535. The van der Waals surface area contributed by atoms with Gasteiger partial charge in [0, 0.05) is 53.0 Å². The van der Waals surface area contributed by atoms with E-state index < -0.39 is 0 Å². The fraction of sp³-hybridized carbons (Fsp3) is 0.667. The average Bonchev–Trinajstić information content (AvgIpc) is 2.67. The summed E-state index contributed by atoms with van der Waals surface area (Å²) in [6, 6.07) is 9.31. The van der Waals surface area contributed by atoms with Crippen LogP contribution in [0.2, 0.25) is 0 Å². The van der Waals surface area contributed by atoms with Crippen molar-refractivity contribution < 1.29 is 4.74 Å². The molecule has 0 aliphatic carbocycles. The molecule has 0 spiro atoms. The van der Waals surface area contributed by atoms with Gasteiger partial charge in [-0.1, -0.05) is 36.8 Å². The molecule has 1 saturated heterocycles. The third-order valence-electron chi connectivity index (χ3n) is 5.20. The van der Waals surface area contributed by atoms with Gasteiger partial charge in [0.1, 0.15) is 0 Å². The zero-order valence-electron chi connectivity index (χ0n) is 16.9. The highest BCUT2D eigenvalue weighted by Gasteiger charge is 2.19. The predicted octanol–water partition coefficient (Wildman–Crippen LogP) is 2.76. The number of benzene rings is 1. The molecule has 2 N–H and O–H groups in total. The highest BCUT2D eigenvalue weighted by Crippen LogP contribution is 2.15. The van der Waals surface area contributed by atoms with E-state index in [-0.39, 0.29) is 0 Å². The Kier molecular flexibility index (Phi) is 8.92. The van der Waals surface area contributed by atoms with Crippen molar-refractivity contribution in [3.63, 3.8) is 0 Å². The lowest BCUT2D eigenvalue weighted by molar-refractivity contribution is 0.155. The Balaban J connectivity index is 1.70. The van der Waals surface area contributed by atoms with Gasteiger partial charge in [0.25, 0.3) is 0 Å². The van der Waals surface area contributed by atoms with Crippen molar-refractivity contribution in [2.24, 2.45) is 4.99 Å². The van der Waals surface area contributed by atoms with E-state index >= 15 is 0 Å². The van der Waals surface area contributed by atoms with Crippen LogP contribution < -0.4 is 10.6 Å². The van der Waals surface area contributed by atoms with Crippen molar-refractivity contribution >= 4 is 5.96 Å². The lowest BCUT2D eigenvalue weighted by atomic mass is 10.00. The van der Waals surface area contributed by atoms with Crippen LogP contribution in [0.5, 0.6) is 0 Å². The molecule has 1 atom stereocenters. The SMILES string of the molecule is CN=C(NCC(C)c1ccc(C)cc1)NC1CCN(CCCOC)CC1. The van der Waals surface area contributed by atoms with Crippen LogP contribution in [0, 0.1) is 6.92 Å². The van der Waals surface area contributed by atoms with E-state index in [1.54, 1.807) is 7.11 Å². The van der Waals surface area contributed by atoms with Crippen molar-refractivity contribution in [2.75, 3.05) is 46.9 Å². The van der Waals surface area contributed by atoms with Crippen molar-refractivity contribution in [1.82, 2.24) is 15.5 Å². The van der Waals surface area contributed by atoms with Crippen LogP contribution in [0.1, 0.15) is 43.2 Å². The fourth-order valence-corrected chi connectivity index (χ4v) is 3.38. The van der Waals surface area contributed by atoms with Crippen LogP contribution in [0.15, 0.2) is 29.3 Å². The number of piperidine rings is 1. The van der Waals surface area contributed by atoms with E-state index in [1.807, 2.05) is 7.05 Å². The van der Waals surface area contributed by atoms with Crippen LogP contribution in [-0.2, 0) is 4.74 Å². The summed E-state index contributed by atoms with van der Waals surface area (Å²) in [6.07, 6.45) is 3.46. The number of hydrogen-bond acceptors (Lipinski definition) is 3. The number of nitrogens with zero attached hydrogens (tertiary/aromatic N) is 2. The van der Waals surface area contributed by atoms with Gasteiger partial charge in [-0.25, -0.2) is 0 Å². The highest BCUT2D eigenvalue weighted by atomic mass is 16.5. The molecule has 0 saturated carbocycles. The Morgan fingerprint density at radius 1 is 1.27 bits per heavy atom. The Morgan fingerprint density at radius 2 is 1.96 bits per heavy atom. The minimum absolute atomic E-state index is 0.455. The normalized spacial score (nSPS) is 17.9. The molecule has 1 fully saturated rings. The number of aliphatic imine (C=N–C) groups is 1. The number of nitrogens with one attached hydrogen (secondary N) is 2. The number of rotatable bonds is 8. The molecular formula is C21H36N4O. The number of hydrogen-bond donors (Lipinski definition) is 2. The van der Waals surface area contributed by atoms with Gasteiger partial charge >= 0.3 is 0 Å². The minimum Gasteiger partial charge on any atom is -0.385 e. The second-order valence-electron chi connectivity index (χ2n) is 7.37. The maximum Gasteiger partial charge on any atom is 0.191 e.